The van der Waals surface area contributed by atoms with Crippen molar-refractivity contribution in [3.63, 3.8) is 0 Å². The zero-order valence-corrected chi connectivity index (χ0v) is 7.03. The summed E-state index contributed by atoms with van der Waals surface area (Å²) in [5.41, 5.74) is 0. The number of piperidine rings is 1. The van der Waals surface area contributed by atoms with Crippen LogP contribution in [0.5, 0.6) is 0 Å². The lowest BCUT2D eigenvalue weighted by Gasteiger charge is -2.22. The van der Waals surface area contributed by atoms with Crippen LogP contribution in [0.25, 0.3) is 0 Å². The summed E-state index contributed by atoms with van der Waals surface area (Å²) < 4.78 is 0. The molecule has 0 unspecified atom stereocenters. The number of hydrogen-bond acceptors (Lipinski definition) is 1. The summed E-state index contributed by atoms with van der Waals surface area (Å²) >= 11 is 0. The van der Waals surface area contributed by atoms with E-state index >= 15 is 0 Å². The van der Waals surface area contributed by atoms with Crippen molar-refractivity contribution >= 4 is 0 Å². The molecule has 0 spiro atoms. The smallest absolute Gasteiger partial charge is 0.00205 e. The van der Waals surface area contributed by atoms with E-state index in [0.717, 1.165) is 5.92 Å². The van der Waals surface area contributed by atoms with E-state index in [4.69, 9.17) is 0 Å². The fourth-order valence-corrected chi connectivity index (χ4v) is 1.66. The minimum absolute atomic E-state index is 0.994. The topological polar surface area (TPSA) is 12.0 Å². The van der Waals surface area contributed by atoms with Crippen LogP contribution < -0.4 is 5.32 Å². The van der Waals surface area contributed by atoms with Gasteiger partial charge in [0.15, 0.2) is 0 Å². The van der Waals surface area contributed by atoms with Crippen LogP contribution in [-0.2, 0) is 0 Å². The van der Waals surface area contributed by atoms with Crippen LogP contribution >= 0.6 is 0 Å². The highest BCUT2D eigenvalue weighted by Gasteiger charge is 2.10. The third kappa shape index (κ3) is 2.70. The average Bonchev–Trinajstić information content (AvgIpc) is 2.03. The predicted molar refractivity (Wildman–Crippen MR) is 45.1 cm³/mol. The Labute approximate surface area is 64.2 Å². The van der Waals surface area contributed by atoms with E-state index in [1.54, 1.807) is 0 Å². The van der Waals surface area contributed by atoms with E-state index in [2.05, 4.69) is 12.2 Å². The van der Waals surface area contributed by atoms with Crippen LogP contribution in [0.2, 0.25) is 0 Å². The Balaban J connectivity index is 2.02. The Kier molecular flexibility index (Phi) is 3.81. The van der Waals surface area contributed by atoms with Gasteiger partial charge in [-0.2, -0.15) is 0 Å². The second-order valence-corrected chi connectivity index (χ2v) is 3.35. The van der Waals surface area contributed by atoms with E-state index in [-0.39, 0.29) is 0 Å². The number of hydrogen-bond donors (Lipinski definition) is 1. The lowest BCUT2D eigenvalue weighted by Crippen LogP contribution is -2.29. The normalized spacial score (nSPS) is 26.7. The first kappa shape index (κ1) is 8.06. The molecule has 1 nitrogen and oxygen atoms in total. The van der Waals surface area contributed by atoms with Crippen LogP contribution in [0.15, 0.2) is 0 Å². The molecule has 0 radical (unpaired) electrons. The largest absolute Gasteiger partial charge is 0.316 e. The molecule has 0 aromatic rings. The summed E-state index contributed by atoms with van der Waals surface area (Å²) in [5.74, 6) is 0.994. The lowest BCUT2D eigenvalue weighted by molar-refractivity contribution is 0.350. The van der Waals surface area contributed by atoms with Crippen LogP contribution in [-0.4, -0.2) is 13.1 Å². The molecule has 0 amide bonds. The second-order valence-electron chi connectivity index (χ2n) is 3.35. The first-order valence-corrected chi connectivity index (χ1v) is 4.64. The molecule has 1 N–H and O–H groups in total. The van der Waals surface area contributed by atoms with Crippen molar-refractivity contribution < 1.29 is 0 Å². The molecule has 0 aromatic carbocycles. The molecule has 1 saturated heterocycles. The van der Waals surface area contributed by atoms with Crippen LogP contribution in [0.3, 0.4) is 0 Å². The van der Waals surface area contributed by atoms with Gasteiger partial charge in [-0.15, -0.1) is 0 Å². The van der Waals surface area contributed by atoms with Crippen LogP contribution in [0.1, 0.15) is 39.0 Å². The van der Waals surface area contributed by atoms with E-state index in [1.807, 2.05) is 0 Å². The highest BCUT2D eigenvalue weighted by Crippen LogP contribution is 2.16. The maximum atomic E-state index is 3.44. The summed E-state index contributed by atoms with van der Waals surface area (Å²) in [5, 5.41) is 3.44. The van der Waals surface area contributed by atoms with Gasteiger partial charge in [0, 0.05) is 0 Å². The van der Waals surface area contributed by atoms with Gasteiger partial charge in [0.1, 0.15) is 0 Å². The van der Waals surface area contributed by atoms with E-state index in [1.165, 1.54) is 45.2 Å². The van der Waals surface area contributed by atoms with Crippen molar-refractivity contribution in [1.29, 1.82) is 0 Å². The number of nitrogens with one attached hydrogen (secondary N) is 1. The third-order valence-electron chi connectivity index (χ3n) is 2.36. The van der Waals surface area contributed by atoms with E-state index in [0.29, 0.717) is 0 Å². The predicted octanol–water partition coefficient (Wildman–Crippen LogP) is 2.18. The molecule has 0 bridgehead atoms. The Morgan fingerprint density at radius 3 is 3.00 bits per heavy atom. The fraction of sp³-hybridized carbons (Fsp3) is 1.00. The van der Waals surface area contributed by atoms with Gasteiger partial charge in [0.25, 0.3) is 0 Å². The van der Waals surface area contributed by atoms with Crippen molar-refractivity contribution in [1.82, 2.24) is 5.32 Å². The molecule has 1 fully saturated rings. The highest BCUT2D eigenvalue weighted by molar-refractivity contribution is 4.68. The first-order chi connectivity index (χ1) is 4.93. The SMILES string of the molecule is CCCC[C@H]1CCCNC1. The molecule has 1 aliphatic rings. The second kappa shape index (κ2) is 4.73. The van der Waals surface area contributed by atoms with Gasteiger partial charge in [-0.25, -0.2) is 0 Å². The Morgan fingerprint density at radius 2 is 2.40 bits per heavy atom. The van der Waals surface area contributed by atoms with E-state index < -0.39 is 0 Å². The minimum atomic E-state index is 0.994. The molecular weight excluding hydrogens is 122 g/mol. The van der Waals surface area contributed by atoms with Crippen molar-refractivity contribution in [2.24, 2.45) is 5.92 Å². The molecule has 10 heavy (non-hydrogen) atoms. The maximum Gasteiger partial charge on any atom is -0.00205 e. The quantitative estimate of drug-likeness (QED) is 0.635. The molecule has 60 valence electrons. The monoisotopic (exact) mass is 141 g/mol. The average molecular weight is 141 g/mol. The van der Waals surface area contributed by atoms with Crippen molar-refractivity contribution in [2.75, 3.05) is 13.1 Å². The first-order valence-electron chi connectivity index (χ1n) is 4.64. The summed E-state index contributed by atoms with van der Waals surface area (Å²) in [6.07, 6.45) is 7.09. The Hall–Kier alpha value is -0.0400. The third-order valence-corrected chi connectivity index (χ3v) is 2.36. The Morgan fingerprint density at radius 1 is 1.50 bits per heavy atom. The van der Waals surface area contributed by atoms with Crippen molar-refractivity contribution in [3.8, 4) is 0 Å². The van der Waals surface area contributed by atoms with Gasteiger partial charge < -0.3 is 5.32 Å². The number of unbranched alkanes of at least 4 members (excludes halogenated alkanes) is 1. The maximum absolute atomic E-state index is 3.44. The zero-order valence-electron chi connectivity index (χ0n) is 7.03. The Bertz CT molecular complexity index is 74.8. The van der Waals surface area contributed by atoms with Crippen LogP contribution in [0.4, 0.5) is 0 Å². The molecule has 1 rings (SSSR count). The summed E-state index contributed by atoms with van der Waals surface area (Å²) in [4.78, 5) is 0. The summed E-state index contributed by atoms with van der Waals surface area (Å²) in [6, 6.07) is 0. The highest BCUT2D eigenvalue weighted by atomic mass is 14.9. The molecular formula is C9H19N. The minimum Gasteiger partial charge on any atom is -0.316 e. The molecule has 1 heterocycles. The number of rotatable bonds is 3. The van der Waals surface area contributed by atoms with E-state index in [9.17, 15) is 0 Å². The van der Waals surface area contributed by atoms with Gasteiger partial charge in [-0.3, -0.25) is 0 Å². The fourth-order valence-electron chi connectivity index (χ4n) is 1.66. The van der Waals surface area contributed by atoms with Gasteiger partial charge in [-0.1, -0.05) is 19.8 Å². The molecule has 1 heteroatoms. The molecule has 0 aliphatic carbocycles. The standard InChI is InChI=1S/C9H19N/c1-2-3-5-9-6-4-7-10-8-9/h9-10H,2-8H2,1H3/t9-/m0/s1. The van der Waals surface area contributed by atoms with Gasteiger partial charge in [0.05, 0.1) is 0 Å². The molecule has 0 aromatic heterocycles. The summed E-state index contributed by atoms with van der Waals surface area (Å²) in [6.45, 7) is 4.80. The van der Waals surface area contributed by atoms with Gasteiger partial charge in [-0.05, 0) is 38.3 Å². The summed E-state index contributed by atoms with van der Waals surface area (Å²) in [7, 11) is 0. The molecule has 1 atom stereocenters. The van der Waals surface area contributed by atoms with Crippen LogP contribution in [0, 0.1) is 5.92 Å². The molecule has 0 saturated carbocycles. The molecule has 1 aliphatic heterocycles. The van der Waals surface area contributed by atoms with Gasteiger partial charge in [0.2, 0.25) is 0 Å². The van der Waals surface area contributed by atoms with Gasteiger partial charge >= 0.3 is 0 Å². The van der Waals surface area contributed by atoms with Crippen molar-refractivity contribution in [2.45, 2.75) is 39.0 Å². The lowest BCUT2D eigenvalue weighted by atomic mass is 9.94. The zero-order chi connectivity index (χ0) is 7.23. The van der Waals surface area contributed by atoms with Crippen molar-refractivity contribution in [3.05, 3.63) is 0 Å².